The summed E-state index contributed by atoms with van der Waals surface area (Å²) in [4.78, 5) is 42.5. The van der Waals surface area contributed by atoms with Crippen molar-refractivity contribution in [2.75, 3.05) is 0 Å². The van der Waals surface area contributed by atoms with Crippen molar-refractivity contribution in [3.63, 3.8) is 0 Å². The van der Waals surface area contributed by atoms with Crippen LogP contribution in [-0.2, 0) is 18.3 Å². The van der Waals surface area contributed by atoms with Crippen molar-refractivity contribution >= 4 is 22.7 Å². The molecular weight excluding hydrogens is 370 g/mol. The number of aryl methyl sites for hydroxylation is 3. The Hall–Kier alpha value is -3.42. The number of hydrogen-bond donors (Lipinski definition) is 0. The van der Waals surface area contributed by atoms with Gasteiger partial charge in [-0.3, -0.25) is 23.1 Å². The molecule has 4 aromatic rings. The highest BCUT2D eigenvalue weighted by molar-refractivity contribution is 5.81. The second kappa shape index (κ2) is 6.58. The largest absolute Gasteiger partial charge is 0.333 e. The number of imidazole rings is 2. The molecule has 8 nitrogen and oxygen atoms in total. The number of Topliss-reactive ketones (excluding diaryl/α,β-unsaturated/α-hetero) is 1. The van der Waals surface area contributed by atoms with Crippen LogP contribution >= 0.6 is 0 Å². The first-order chi connectivity index (χ1) is 13.8. The number of aromatic nitrogens is 5. The van der Waals surface area contributed by atoms with Gasteiger partial charge in [0.05, 0.1) is 11.7 Å². The van der Waals surface area contributed by atoms with Gasteiger partial charge in [0.25, 0.3) is 5.56 Å². The van der Waals surface area contributed by atoms with Gasteiger partial charge in [0.2, 0.25) is 5.78 Å². The second-order valence-corrected chi connectivity index (χ2v) is 7.35. The third kappa shape index (κ3) is 2.59. The van der Waals surface area contributed by atoms with E-state index in [4.69, 9.17) is 0 Å². The molecule has 3 aromatic heterocycles. The molecule has 0 unspecified atom stereocenters. The summed E-state index contributed by atoms with van der Waals surface area (Å²) in [5.74, 6) is 0.300. The van der Waals surface area contributed by atoms with Gasteiger partial charge in [-0.2, -0.15) is 4.98 Å². The monoisotopic (exact) mass is 393 g/mol. The van der Waals surface area contributed by atoms with E-state index < -0.39 is 17.3 Å². The highest BCUT2D eigenvalue weighted by atomic mass is 16.2. The summed E-state index contributed by atoms with van der Waals surface area (Å²) in [5.41, 5.74) is 2.56. The first-order valence-electron chi connectivity index (χ1n) is 9.58. The van der Waals surface area contributed by atoms with E-state index in [-0.39, 0.29) is 11.3 Å². The Morgan fingerprint density at radius 2 is 1.90 bits per heavy atom. The standard InChI is InChI=1S/C21H23N5O3/c1-6-15-9-7-8-10-16(15)25-12(2)11-24-17-18(22-20(24)25)23(5)21(29)26(19(17)28)13(3)14(4)27/h7-11,13H,6H2,1-5H3/t13-/m0/s1. The average Bonchev–Trinajstić information content (AvgIpc) is 3.20. The van der Waals surface area contributed by atoms with E-state index in [1.165, 1.54) is 11.5 Å². The Morgan fingerprint density at radius 3 is 2.55 bits per heavy atom. The zero-order chi connectivity index (χ0) is 21.0. The lowest BCUT2D eigenvalue weighted by molar-refractivity contribution is -0.119. The summed E-state index contributed by atoms with van der Waals surface area (Å²) < 4.78 is 6.03. The lowest BCUT2D eigenvalue weighted by atomic mass is 10.1. The number of nitrogens with zero attached hydrogens (tertiary/aromatic N) is 5. The predicted molar refractivity (Wildman–Crippen MR) is 111 cm³/mol. The first-order valence-corrected chi connectivity index (χ1v) is 9.58. The number of hydrogen-bond acceptors (Lipinski definition) is 4. The summed E-state index contributed by atoms with van der Waals surface area (Å²) in [5, 5.41) is 0. The van der Waals surface area contributed by atoms with Gasteiger partial charge in [-0.25, -0.2) is 9.36 Å². The Kier molecular flexibility index (Phi) is 4.29. The molecule has 29 heavy (non-hydrogen) atoms. The number of benzene rings is 1. The molecule has 150 valence electrons. The average molecular weight is 393 g/mol. The molecule has 0 saturated carbocycles. The second-order valence-electron chi connectivity index (χ2n) is 7.35. The van der Waals surface area contributed by atoms with Crippen LogP contribution in [0.4, 0.5) is 0 Å². The van der Waals surface area contributed by atoms with Gasteiger partial charge >= 0.3 is 5.69 Å². The van der Waals surface area contributed by atoms with Crippen molar-refractivity contribution in [3.05, 3.63) is 62.6 Å². The van der Waals surface area contributed by atoms with E-state index in [0.717, 1.165) is 27.9 Å². The van der Waals surface area contributed by atoms with Crippen LogP contribution in [0.2, 0.25) is 0 Å². The molecule has 0 aliphatic rings. The lowest BCUT2D eigenvalue weighted by Crippen LogP contribution is -2.42. The molecule has 0 bridgehead atoms. The first kappa shape index (κ1) is 18.9. The quantitative estimate of drug-likeness (QED) is 0.532. The number of fused-ring (bicyclic) bond motifs is 3. The van der Waals surface area contributed by atoms with E-state index in [9.17, 15) is 14.4 Å². The molecule has 0 spiro atoms. The van der Waals surface area contributed by atoms with Gasteiger partial charge in [0.15, 0.2) is 16.9 Å². The number of para-hydroxylation sites is 1. The fourth-order valence-electron chi connectivity index (χ4n) is 3.83. The molecule has 0 saturated heterocycles. The SMILES string of the molecule is CCc1ccccc1-n1c(C)cn2c3c(=O)n([C@@H](C)C(C)=O)c(=O)n(C)c3nc12. The highest BCUT2D eigenvalue weighted by Crippen LogP contribution is 2.24. The fraction of sp³-hybridized carbons (Fsp3) is 0.333. The topological polar surface area (TPSA) is 83.3 Å². The Labute approximate surface area is 166 Å². The van der Waals surface area contributed by atoms with Crippen molar-refractivity contribution in [1.29, 1.82) is 0 Å². The van der Waals surface area contributed by atoms with Crippen LogP contribution in [0.25, 0.3) is 22.6 Å². The van der Waals surface area contributed by atoms with Crippen molar-refractivity contribution in [2.24, 2.45) is 7.05 Å². The third-order valence-corrected chi connectivity index (χ3v) is 5.56. The van der Waals surface area contributed by atoms with Gasteiger partial charge in [-0.1, -0.05) is 25.1 Å². The molecule has 0 N–H and O–H groups in total. The molecule has 3 heterocycles. The maximum Gasteiger partial charge on any atom is 0.333 e. The molecule has 0 amide bonds. The number of rotatable bonds is 4. The van der Waals surface area contributed by atoms with Gasteiger partial charge in [-0.15, -0.1) is 0 Å². The van der Waals surface area contributed by atoms with Crippen LogP contribution in [0.1, 0.15) is 38.1 Å². The maximum atomic E-state index is 13.2. The van der Waals surface area contributed by atoms with E-state index >= 15 is 0 Å². The molecule has 4 rings (SSSR count). The number of carbonyl (C=O) groups excluding carboxylic acids is 1. The minimum absolute atomic E-state index is 0.255. The van der Waals surface area contributed by atoms with Crippen molar-refractivity contribution < 1.29 is 4.79 Å². The molecular formula is C21H23N5O3. The van der Waals surface area contributed by atoms with Crippen LogP contribution in [0.5, 0.6) is 0 Å². The number of carbonyl (C=O) groups is 1. The van der Waals surface area contributed by atoms with Crippen LogP contribution < -0.4 is 11.2 Å². The Balaban J connectivity index is 2.16. The van der Waals surface area contributed by atoms with Crippen molar-refractivity contribution in [3.8, 4) is 5.69 Å². The fourth-order valence-corrected chi connectivity index (χ4v) is 3.83. The van der Waals surface area contributed by atoms with Crippen LogP contribution in [-0.4, -0.2) is 28.9 Å². The molecule has 8 heteroatoms. The highest BCUT2D eigenvalue weighted by Gasteiger charge is 2.24. The van der Waals surface area contributed by atoms with Crippen LogP contribution in [0.3, 0.4) is 0 Å². The van der Waals surface area contributed by atoms with Gasteiger partial charge in [0.1, 0.15) is 0 Å². The normalized spacial score (nSPS) is 12.7. The molecule has 1 atom stereocenters. The molecule has 0 radical (unpaired) electrons. The van der Waals surface area contributed by atoms with Crippen molar-refractivity contribution in [2.45, 2.75) is 40.2 Å². The summed E-state index contributed by atoms with van der Waals surface area (Å²) in [7, 11) is 1.57. The van der Waals surface area contributed by atoms with E-state index in [1.54, 1.807) is 18.4 Å². The van der Waals surface area contributed by atoms with Crippen molar-refractivity contribution in [1.82, 2.24) is 23.1 Å². The maximum absolute atomic E-state index is 13.2. The smallest absolute Gasteiger partial charge is 0.298 e. The van der Waals surface area contributed by atoms with E-state index in [2.05, 4.69) is 18.0 Å². The zero-order valence-corrected chi connectivity index (χ0v) is 17.1. The minimum Gasteiger partial charge on any atom is -0.298 e. The summed E-state index contributed by atoms with van der Waals surface area (Å²) in [6.45, 7) is 6.96. The molecule has 0 aliphatic carbocycles. The Morgan fingerprint density at radius 1 is 1.21 bits per heavy atom. The summed E-state index contributed by atoms with van der Waals surface area (Å²) >= 11 is 0. The summed E-state index contributed by atoms with van der Waals surface area (Å²) in [6.07, 6.45) is 2.69. The molecule has 0 aliphatic heterocycles. The lowest BCUT2D eigenvalue weighted by Gasteiger charge is -2.12. The van der Waals surface area contributed by atoms with Gasteiger partial charge < -0.3 is 0 Å². The molecule has 0 fully saturated rings. The minimum atomic E-state index is -0.847. The number of ketones is 1. The molecule has 1 aromatic carbocycles. The van der Waals surface area contributed by atoms with Gasteiger partial charge in [0, 0.05) is 18.9 Å². The van der Waals surface area contributed by atoms with E-state index in [0.29, 0.717) is 11.4 Å². The summed E-state index contributed by atoms with van der Waals surface area (Å²) in [6, 6.07) is 7.18. The van der Waals surface area contributed by atoms with Crippen LogP contribution in [0.15, 0.2) is 40.1 Å². The van der Waals surface area contributed by atoms with Gasteiger partial charge in [-0.05, 0) is 38.8 Å². The van der Waals surface area contributed by atoms with Crippen LogP contribution in [0, 0.1) is 6.92 Å². The Bertz CT molecular complexity index is 1400. The predicted octanol–water partition coefficient (Wildman–Crippen LogP) is 2.16. The third-order valence-electron chi connectivity index (χ3n) is 5.56. The van der Waals surface area contributed by atoms with E-state index in [1.807, 2.05) is 35.9 Å². The zero-order valence-electron chi connectivity index (χ0n) is 17.1.